The van der Waals surface area contributed by atoms with Gasteiger partial charge in [0, 0.05) is 17.7 Å². The largest absolute Gasteiger partial charge is 0.360 e. The van der Waals surface area contributed by atoms with Crippen LogP contribution in [-0.4, -0.2) is 21.9 Å². The number of halogens is 2. The Morgan fingerprint density at radius 1 is 1.14 bits per heavy atom. The number of carbonyl (C=O) groups excluding carboxylic acids is 2. The number of aromatic nitrogens is 1. The molecule has 1 aromatic heterocycles. The fourth-order valence-electron chi connectivity index (χ4n) is 2.52. The summed E-state index contributed by atoms with van der Waals surface area (Å²) in [7, 11) is 0. The monoisotopic (exact) mass is 418 g/mol. The van der Waals surface area contributed by atoms with Gasteiger partial charge in [0.2, 0.25) is 0 Å². The average Bonchev–Trinajstić information content (AvgIpc) is 3.07. The molecule has 0 aliphatic heterocycles. The first-order valence-corrected chi connectivity index (χ1v) is 8.43. The molecule has 9 nitrogen and oxygen atoms in total. The van der Waals surface area contributed by atoms with Gasteiger partial charge in [0.1, 0.15) is 22.8 Å². The third-order valence-corrected chi connectivity index (χ3v) is 4.23. The maximum absolute atomic E-state index is 14.2. The molecule has 0 aliphatic rings. The molecule has 29 heavy (non-hydrogen) atoms. The van der Waals surface area contributed by atoms with Gasteiger partial charge in [0.05, 0.1) is 15.5 Å². The molecule has 11 heteroatoms. The molecular formula is C18H12ClFN4O5. The Morgan fingerprint density at radius 3 is 2.41 bits per heavy atom. The van der Waals surface area contributed by atoms with Crippen molar-refractivity contribution in [1.29, 1.82) is 0 Å². The second-order valence-corrected chi connectivity index (χ2v) is 6.18. The van der Waals surface area contributed by atoms with Crippen LogP contribution in [0.25, 0.3) is 11.3 Å². The number of nitro benzene ring substituents is 1. The number of hydrogen-bond donors (Lipinski definition) is 2. The molecule has 148 valence electrons. The summed E-state index contributed by atoms with van der Waals surface area (Å²) in [6.07, 6.45) is 0. The highest BCUT2D eigenvalue weighted by atomic mass is 35.5. The molecule has 0 fully saturated rings. The predicted molar refractivity (Wildman–Crippen MR) is 99.7 cm³/mol. The van der Waals surface area contributed by atoms with Gasteiger partial charge in [-0.3, -0.25) is 30.6 Å². The van der Waals surface area contributed by atoms with Crippen molar-refractivity contribution in [2.45, 2.75) is 6.92 Å². The molecule has 0 saturated carbocycles. The van der Waals surface area contributed by atoms with Crippen LogP contribution in [0.4, 0.5) is 10.1 Å². The van der Waals surface area contributed by atoms with Crippen molar-refractivity contribution in [2.24, 2.45) is 0 Å². The summed E-state index contributed by atoms with van der Waals surface area (Å²) >= 11 is 6.02. The zero-order valence-electron chi connectivity index (χ0n) is 14.7. The van der Waals surface area contributed by atoms with Crippen LogP contribution in [0.5, 0.6) is 0 Å². The smallest absolute Gasteiger partial charge is 0.275 e. The summed E-state index contributed by atoms with van der Waals surface area (Å²) in [5.41, 5.74) is 3.89. The van der Waals surface area contributed by atoms with Crippen LogP contribution in [0.1, 0.15) is 26.5 Å². The maximum Gasteiger partial charge on any atom is 0.275 e. The van der Waals surface area contributed by atoms with Gasteiger partial charge < -0.3 is 4.52 Å². The van der Waals surface area contributed by atoms with Crippen molar-refractivity contribution in [3.8, 4) is 11.3 Å². The van der Waals surface area contributed by atoms with Gasteiger partial charge in [0.15, 0.2) is 0 Å². The van der Waals surface area contributed by atoms with E-state index in [2.05, 4.69) is 16.0 Å². The Hall–Kier alpha value is -3.79. The van der Waals surface area contributed by atoms with Crippen molar-refractivity contribution in [3.05, 3.63) is 80.3 Å². The fourth-order valence-corrected chi connectivity index (χ4v) is 2.77. The number of rotatable bonds is 4. The first-order chi connectivity index (χ1) is 13.8. The lowest BCUT2D eigenvalue weighted by Crippen LogP contribution is -2.41. The Morgan fingerprint density at radius 2 is 1.79 bits per heavy atom. The zero-order chi connectivity index (χ0) is 21.1. The number of benzene rings is 2. The standard InChI is InChI=1S/C18H12ClFN4O5/c1-9-14(16(23-29-9)15-12(19)3-2-4-13(15)20)18(26)22-21-17(25)10-5-7-11(8-6-10)24(27)28/h2-8H,1H3,(H,21,25)(H,22,26). The minimum atomic E-state index is -0.812. The summed E-state index contributed by atoms with van der Waals surface area (Å²) < 4.78 is 19.2. The second-order valence-electron chi connectivity index (χ2n) is 5.77. The van der Waals surface area contributed by atoms with Crippen molar-refractivity contribution in [2.75, 3.05) is 0 Å². The Kier molecular flexibility index (Phi) is 5.55. The molecule has 2 amide bonds. The maximum atomic E-state index is 14.2. The van der Waals surface area contributed by atoms with Crippen LogP contribution in [-0.2, 0) is 0 Å². The summed E-state index contributed by atoms with van der Waals surface area (Å²) in [5.74, 6) is -2.14. The van der Waals surface area contributed by atoms with E-state index in [9.17, 15) is 24.1 Å². The molecule has 3 rings (SSSR count). The number of hydrazine groups is 1. The number of amides is 2. The molecule has 3 aromatic rings. The van der Waals surface area contributed by atoms with Crippen molar-refractivity contribution >= 4 is 29.1 Å². The minimum absolute atomic E-state index is 0.0299. The highest BCUT2D eigenvalue weighted by Crippen LogP contribution is 2.33. The fraction of sp³-hybridized carbons (Fsp3) is 0.0556. The molecule has 0 saturated heterocycles. The van der Waals surface area contributed by atoms with Crippen LogP contribution in [0.15, 0.2) is 47.0 Å². The summed E-state index contributed by atoms with van der Waals surface area (Å²) in [6, 6.07) is 8.76. The molecule has 0 unspecified atom stereocenters. The van der Waals surface area contributed by atoms with E-state index in [1.807, 2.05) is 0 Å². The Labute approximate surface area is 167 Å². The van der Waals surface area contributed by atoms with E-state index in [-0.39, 0.29) is 38.9 Å². The third-order valence-electron chi connectivity index (χ3n) is 3.92. The summed E-state index contributed by atoms with van der Waals surface area (Å²) in [4.78, 5) is 34.7. The second kappa shape index (κ2) is 8.07. The molecule has 0 aliphatic carbocycles. The van der Waals surface area contributed by atoms with E-state index in [0.29, 0.717) is 0 Å². The summed E-state index contributed by atoms with van der Waals surface area (Å²) in [5, 5.41) is 14.4. The van der Waals surface area contributed by atoms with Gasteiger partial charge in [-0.25, -0.2) is 4.39 Å². The van der Waals surface area contributed by atoms with E-state index in [0.717, 1.165) is 18.2 Å². The van der Waals surface area contributed by atoms with Crippen LogP contribution in [0.3, 0.4) is 0 Å². The quantitative estimate of drug-likeness (QED) is 0.493. The lowest BCUT2D eigenvalue weighted by molar-refractivity contribution is -0.384. The highest BCUT2D eigenvalue weighted by Gasteiger charge is 2.25. The van der Waals surface area contributed by atoms with E-state index in [1.54, 1.807) is 0 Å². The van der Waals surface area contributed by atoms with Crippen molar-refractivity contribution in [1.82, 2.24) is 16.0 Å². The normalized spacial score (nSPS) is 10.4. The third kappa shape index (κ3) is 4.06. The number of aryl methyl sites for hydroxylation is 1. The number of nitrogens with zero attached hydrogens (tertiary/aromatic N) is 2. The average molecular weight is 419 g/mol. The topological polar surface area (TPSA) is 127 Å². The zero-order valence-corrected chi connectivity index (χ0v) is 15.5. The molecule has 2 aromatic carbocycles. The molecular weight excluding hydrogens is 407 g/mol. The van der Waals surface area contributed by atoms with Crippen LogP contribution >= 0.6 is 11.6 Å². The van der Waals surface area contributed by atoms with Gasteiger partial charge in [-0.05, 0) is 31.2 Å². The minimum Gasteiger partial charge on any atom is -0.360 e. The van der Waals surface area contributed by atoms with Gasteiger partial charge in [-0.1, -0.05) is 22.8 Å². The van der Waals surface area contributed by atoms with Crippen LogP contribution in [0, 0.1) is 22.9 Å². The molecule has 0 bridgehead atoms. The Balaban J connectivity index is 1.79. The lowest BCUT2D eigenvalue weighted by Gasteiger charge is -2.09. The number of carbonyl (C=O) groups is 2. The van der Waals surface area contributed by atoms with E-state index >= 15 is 0 Å². The highest BCUT2D eigenvalue weighted by molar-refractivity contribution is 6.33. The SMILES string of the molecule is Cc1onc(-c2c(F)cccc2Cl)c1C(=O)NNC(=O)c1ccc([N+](=O)[O-])cc1. The number of nitro groups is 1. The van der Waals surface area contributed by atoms with Gasteiger partial charge in [0.25, 0.3) is 17.5 Å². The van der Waals surface area contributed by atoms with Gasteiger partial charge in [-0.2, -0.15) is 0 Å². The van der Waals surface area contributed by atoms with E-state index in [4.69, 9.17) is 16.1 Å². The van der Waals surface area contributed by atoms with E-state index in [1.165, 1.54) is 31.2 Å². The van der Waals surface area contributed by atoms with Crippen LogP contribution < -0.4 is 10.9 Å². The van der Waals surface area contributed by atoms with Crippen LogP contribution in [0.2, 0.25) is 5.02 Å². The molecule has 0 atom stereocenters. The lowest BCUT2D eigenvalue weighted by atomic mass is 10.1. The molecule has 0 radical (unpaired) electrons. The molecule has 1 heterocycles. The van der Waals surface area contributed by atoms with Crippen molar-refractivity contribution in [3.63, 3.8) is 0 Å². The van der Waals surface area contributed by atoms with E-state index < -0.39 is 22.6 Å². The number of nitrogens with one attached hydrogen (secondary N) is 2. The first-order valence-electron chi connectivity index (χ1n) is 8.05. The number of hydrogen-bond acceptors (Lipinski definition) is 6. The van der Waals surface area contributed by atoms with Crippen molar-refractivity contribution < 1.29 is 23.4 Å². The molecule has 0 spiro atoms. The summed E-state index contributed by atoms with van der Waals surface area (Å²) in [6.45, 7) is 1.44. The predicted octanol–water partition coefficient (Wildman–Crippen LogP) is 3.43. The van der Waals surface area contributed by atoms with Gasteiger partial charge in [-0.15, -0.1) is 0 Å². The first kappa shape index (κ1) is 20.0. The molecule has 2 N–H and O–H groups in total. The number of non-ortho nitro benzene ring substituents is 1. The van der Waals surface area contributed by atoms with Gasteiger partial charge >= 0.3 is 0 Å². The Bertz CT molecular complexity index is 1090.